The third-order valence-corrected chi connectivity index (χ3v) is 1.41. The molecule has 0 aromatic rings. The van der Waals surface area contributed by atoms with Gasteiger partial charge in [-0.1, -0.05) is 26.7 Å². The molecule has 4 heteroatoms. The second kappa shape index (κ2) is 11.9. The van der Waals surface area contributed by atoms with Gasteiger partial charge in [0.2, 0.25) is 0 Å². The van der Waals surface area contributed by atoms with Gasteiger partial charge in [0.15, 0.2) is 0 Å². The van der Waals surface area contributed by atoms with E-state index in [4.69, 9.17) is 12.5 Å². The fraction of sp³-hybridized carbons (Fsp3) is 1.00. The number of hydrogen-bond donors (Lipinski definition) is 1. The van der Waals surface area contributed by atoms with Crippen LogP contribution in [-0.4, -0.2) is 11.7 Å². The van der Waals surface area contributed by atoms with Gasteiger partial charge in [-0.05, 0) is 5.92 Å². The normalized spacial score (nSPS) is 8.00. The van der Waals surface area contributed by atoms with Crippen LogP contribution in [0.15, 0.2) is 0 Å². The van der Waals surface area contributed by atoms with Crippen LogP contribution in [0.25, 0.3) is 0 Å². The SMILES string of the molecule is CCC(CC)CO.[O]=[V]=[O]. The Morgan fingerprint density at radius 1 is 1.30 bits per heavy atom. The van der Waals surface area contributed by atoms with Crippen molar-refractivity contribution in [3.05, 3.63) is 0 Å². The molecule has 3 nitrogen and oxygen atoms in total. The number of rotatable bonds is 3. The molecule has 0 aliphatic heterocycles. The Morgan fingerprint density at radius 2 is 1.60 bits per heavy atom. The van der Waals surface area contributed by atoms with Crippen LogP contribution in [0.5, 0.6) is 0 Å². The Balaban J connectivity index is 0. The molecular formula is C6H14O3V. The van der Waals surface area contributed by atoms with Crippen molar-refractivity contribution in [1.29, 1.82) is 0 Å². The first-order valence-corrected chi connectivity index (χ1v) is 4.46. The summed E-state index contributed by atoms with van der Waals surface area (Å²) in [7, 11) is 0. The summed E-state index contributed by atoms with van der Waals surface area (Å²) < 4.78 is 16.9. The van der Waals surface area contributed by atoms with Crippen molar-refractivity contribution in [3.63, 3.8) is 0 Å². The molecule has 61 valence electrons. The number of aliphatic hydroxyl groups is 1. The van der Waals surface area contributed by atoms with Crippen LogP contribution in [0.1, 0.15) is 26.7 Å². The van der Waals surface area contributed by atoms with Crippen molar-refractivity contribution >= 4 is 0 Å². The zero-order valence-electron chi connectivity index (χ0n) is 6.41. The van der Waals surface area contributed by atoms with Crippen molar-refractivity contribution in [2.24, 2.45) is 5.92 Å². The van der Waals surface area contributed by atoms with Gasteiger partial charge < -0.3 is 5.11 Å². The predicted octanol–water partition coefficient (Wildman–Crippen LogP) is 1.17. The molecular weight excluding hydrogens is 171 g/mol. The Kier molecular flexibility index (Phi) is 15.2. The van der Waals surface area contributed by atoms with Gasteiger partial charge in [0, 0.05) is 6.61 Å². The van der Waals surface area contributed by atoms with Crippen molar-refractivity contribution in [2.45, 2.75) is 26.7 Å². The summed E-state index contributed by atoms with van der Waals surface area (Å²) in [5, 5.41) is 8.53. The average Bonchev–Trinajstić information content (AvgIpc) is 1.93. The maximum atomic E-state index is 8.53. The molecule has 0 aliphatic carbocycles. The molecule has 0 heterocycles. The van der Waals surface area contributed by atoms with E-state index in [9.17, 15) is 0 Å². The second-order valence-corrected chi connectivity index (χ2v) is 2.17. The monoisotopic (exact) mass is 185 g/mol. The zero-order valence-corrected chi connectivity index (χ0v) is 7.81. The molecule has 0 bridgehead atoms. The molecule has 0 unspecified atom stereocenters. The summed E-state index contributed by atoms with van der Waals surface area (Å²) in [5.74, 6) is 0.542. The van der Waals surface area contributed by atoms with Gasteiger partial charge in [-0.25, -0.2) is 0 Å². The number of hydrogen-bond acceptors (Lipinski definition) is 3. The Morgan fingerprint density at radius 3 is 1.60 bits per heavy atom. The van der Waals surface area contributed by atoms with Gasteiger partial charge in [-0.2, -0.15) is 0 Å². The summed E-state index contributed by atoms with van der Waals surface area (Å²) in [6.45, 7) is 4.56. The van der Waals surface area contributed by atoms with Crippen molar-refractivity contribution in [3.8, 4) is 0 Å². The van der Waals surface area contributed by atoms with Crippen LogP contribution < -0.4 is 0 Å². The molecule has 1 N–H and O–H groups in total. The first-order chi connectivity index (χ1) is 4.76. The molecule has 10 heavy (non-hydrogen) atoms. The average molecular weight is 185 g/mol. The predicted molar refractivity (Wildman–Crippen MR) is 32.5 cm³/mol. The Hall–Kier alpha value is 0.144. The fourth-order valence-corrected chi connectivity index (χ4v) is 0.547. The standard InChI is InChI=1S/C6H14O.2O.V/c1-3-6(4-2)5-7;;;/h6-7H,3-5H2,1-2H3;;;. The summed E-state index contributed by atoms with van der Waals surface area (Å²) in [6, 6.07) is 0. The molecule has 0 saturated carbocycles. The minimum absolute atomic E-state index is 0.354. The van der Waals surface area contributed by atoms with E-state index in [1.54, 1.807) is 0 Å². The molecule has 0 amide bonds. The first kappa shape index (κ1) is 12.8. The van der Waals surface area contributed by atoms with Gasteiger partial charge in [0.05, 0.1) is 0 Å². The quantitative estimate of drug-likeness (QED) is 0.718. The molecule has 0 radical (unpaired) electrons. The molecule has 0 rings (SSSR count). The van der Waals surface area contributed by atoms with Crippen LogP contribution >= 0.6 is 0 Å². The van der Waals surface area contributed by atoms with Crippen molar-refractivity contribution in [2.75, 3.05) is 6.61 Å². The van der Waals surface area contributed by atoms with Crippen molar-refractivity contribution < 1.29 is 28.6 Å². The fourth-order valence-electron chi connectivity index (χ4n) is 0.547. The van der Waals surface area contributed by atoms with Gasteiger partial charge in [-0.3, -0.25) is 0 Å². The van der Waals surface area contributed by atoms with E-state index in [-0.39, 0.29) is 0 Å². The molecule has 0 aromatic carbocycles. The van der Waals surface area contributed by atoms with Gasteiger partial charge in [-0.15, -0.1) is 0 Å². The Labute approximate surface area is 68.4 Å². The summed E-state index contributed by atoms with van der Waals surface area (Å²) >= 11 is -1.81. The van der Waals surface area contributed by atoms with E-state index < -0.39 is 16.2 Å². The summed E-state index contributed by atoms with van der Waals surface area (Å²) in [6.07, 6.45) is 2.21. The molecule has 0 aliphatic rings. The van der Waals surface area contributed by atoms with Crippen LogP contribution in [0.2, 0.25) is 0 Å². The summed E-state index contributed by atoms with van der Waals surface area (Å²) in [4.78, 5) is 0. The molecule has 0 fully saturated rings. The van der Waals surface area contributed by atoms with E-state index in [1.165, 1.54) is 0 Å². The first-order valence-electron chi connectivity index (χ1n) is 3.32. The maximum absolute atomic E-state index is 8.53. The van der Waals surface area contributed by atoms with Crippen LogP contribution in [0.4, 0.5) is 0 Å². The molecule has 0 atom stereocenters. The van der Waals surface area contributed by atoms with E-state index >= 15 is 0 Å². The van der Waals surface area contributed by atoms with Crippen LogP contribution in [0, 0.1) is 5.92 Å². The van der Waals surface area contributed by atoms with E-state index in [1.807, 2.05) is 0 Å². The van der Waals surface area contributed by atoms with Crippen molar-refractivity contribution in [1.82, 2.24) is 0 Å². The third-order valence-electron chi connectivity index (χ3n) is 1.41. The van der Waals surface area contributed by atoms with Crippen LogP contribution in [-0.2, 0) is 23.5 Å². The topological polar surface area (TPSA) is 54.4 Å². The second-order valence-electron chi connectivity index (χ2n) is 1.94. The van der Waals surface area contributed by atoms with Gasteiger partial charge in [0.1, 0.15) is 0 Å². The third kappa shape index (κ3) is 11.0. The van der Waals surface area contributed by atoms with Crippen LogP contribution in [0.3, 0.4) is 0 Å². The molecule has 0 spiro atoms. The molecule has 0 saturated heterocycles. The van der Waals surface area contributed by atoms with E-state index in [0.717, 1.165) is 12.8 Å². The summed E-state index contributed by atoms with van der Waals surface area (Å²) in [5.41, 5.74) is 0. The minimum atomic E-state index is -1.81. The van der Waals surface area contributed by atoms with E-state index in [2.05, 4.69) is 13.8 Å². The zero-order chi connectivity index (χ0) is 8.41. The van der Waals surface area contributed by atoms with E-state index in [0.29, 0.717) is 12.5 Å². The van der Waals surface area contributed by atoms with Gasteiger partial charge in [0.25, 0.3) is 0 Å². The Bertz CT molecular complexity index is 79.5. The number of aliphatic hydroxyl groups excluding tert-OH is 1. The van der Waals surface area contributed by atoms with Gasteiger partial charge >= 0.3 is 23.5 Å². The molecule has 0 aromatic heterocycles.